The molecule has 0 aliphatic carbocycles. The number of benzene rings is 2. The van der Waals surface area contributed by atoms with E-state index >= 15 is 0 Å². The number of nitrogens with zero attached hydrogens (tertiary/aromatic N) is 2. The highest BCUT2D eigenvalue weighted by atomic mass is 16.5. The molecule has 1 aromatic heterocycles. The van der Waals surface area contributed by atoms with E-state index in [-0.39, 0.29) is 0 Å². The van der Waals surface area contributed by atoms with Gasteiger partial charge < -0.3 is 14.0 Å². The monoisotopic (exact) mass is 352 g/mol. The molecule has 0 bridgehead atoms. The van der Waals surface area contributed by atoms with Crippen LogP contribution in [-0.2, 0) is 6.54 Å². The Labute approximate surface area is 150 Å². The third-order valence-corrected chi connectivity index (χ3v) is 4.31. The molecule has 6 heteroatoms. The first-order valence-electron chi connectivity index (χ1n) is 8.14. The smallest absolute Gasteiger partial charge is 0.320 e. The average molecular weight is 352 g/mol. The molecule has 0 saturated carbocycles. The minimum atomic E-state index is -0.617. The summed E-state index contributed by atoms with van der Waals surface area (Å²) in [6.07, 6.45) is 3.20. The number of aromatic nitrogens is 2. The van der Waals surface area contributed by atoms with Crippen LogP contribution in [-0.4, -0.2) is 23.4 Å². The molecule has 0 fully saturated rings. The Hall–Kier alpha value is -3.28. The first-order chi connectivity index (χ1) is 12.5. The second-order valence-electron chi connectivity index (χ2n) is 5.87. The fourth-order valence-corrected chi connectivity index (χ4v) is 2.78. The van der Waals surface area contributed by atoms with Crippen LogP contribution in [0.4, 0.5) is 0 Å². The number of hydrogen-bond donors (Lipinski definition) is 0. The average Bonchev–Trinajstić information content (AvgIpc) is 2.66. The van der Waals surface area contributed by atoms with Crippen LogP contribution in [0.5, 0.6) is 11.5 Å². The molecule has 0 radical (unpaired) electrons. The molecule has 0 amide bonds. The largest absolute Gasteiger partial charge is 0.493 e. The van der Waals surface area contributed by atoms with Crippen LogP contribution in [0.2, 0.25) is 0 Å². The Balaban J connectivity index is 2.02. The predicted octanol–water partition coefficient (Wildman–Crippen LogP) is 2.37. The van der Waals surface area contributed by atoms with Crippen molar-refractivity contribution in [2.45, 2.75) is 13.5 Å². The molecule has 0 unspecified atom stereocenters. The number of ether oxygens (including phenoxy) is 2. The quantitative estimate of drug-likeness (QED) is 0.662. The van der Waals surface area contributed by atoms with E-state index in [0.29, 0.717) is 23.7 Å². The van der Waals surface area contributed by atoms with Crippen molar-refractivity contribution in [2.75, 3.05) is 14.2 Å². The SMILES string of the molecule is COc1ccc(-n2ccn(Cc3ccccc3C)c(=O)c2=O)cc1OC. The molecule has 6 nitrogen and oxygen atoms in total. The lowest BCUT2D eigenvalue weighted by molar-refractivity contribution is 0.355. The number of hydrogen-bond acceptors (Lipinski definition) is 4. The summed E-state index contributed by atoms with van der Waals surface area (Å²) in [5.41, 5.74) is 1.41. The highest BCUT2D eigenvalue weighted by Crippen LogP contribution is 2.28. The highest BCUT2D eigenvalue weighted by molar-refractivity contribution is 5.48. The van der Waals surface area contributed by atoms with Crippen LogP contribution in [0.3, 0.4) is 0 Å². The van der Waals surface area contributed by atoms with E-state index in [0.717, 1.165) is 11.1 Å². The Morgan fingerprint density at radius 3 is 2.31 bits per heavy atom. The molecule has 2 aromatic carbocycles. The first kappa shape index (κ1) is 17.5. The fourth-order valence-electron chi connectivity index (χ4n) is 2.78. The maximum Gasteiger partial charge on any atom is 0.320 e. The molecule has 0 saturated heterocycles. The minimum Gasteiger partial charge on any atom is -0.493 e. The van der Waals surface area contributed by atoms with Crippen molar-refractivity contribution in [3.63, 3.8) is 0 Å². The lowest BCUT2D eigenvalue weighted by atomic mass is 10.1. The van der Waals surface area contributed by atoms with Gasteiger partial charge >= 0.3 is 11.1 Å². The summed E-state index contributed by atoms with van der Waals surface area (Å²) in [6, 6.07) is 12.8. The number of rotatable bonds is 5. The summed E-state index contributed by atoms with van der Waals surface area (Å²) < 4.78 is 13.2. The summed E-state index contributed by atoms with van der Waals surface area (Å²) in [7, 11) is 3.06. The predicted molar refractivity (Wildman–Crippen MR) is 99.7 cm³/mol. The van der Waals surface area contributed by atoms with Crippen molar-refractivity contribution in [1.29, 1.82) is 0 Å². The minimum absolute atomic E-state index is 0.355. The molecular formula is C20H20N2O4. The molecule has 3 rings (SSSR count). The summed E-state index contributed by atoms with van der Waals surface area (Å²) in [5.74, 6) is 1.04. The van der Waals surface area contributed by atoms with Crippen molar-refractivity contribution < 1.29 is 9.47 Å². The zero-order valence-corrected chi connectivity index (χ0v) is 14.9. The molecule has 0 atom stereocenters. The summed E-state index contributed by atoms with van der Waals surface area (Å²) in [5, 5.41) is 0. The van der Waals surface area contributed by atoms with Gasteiger partial charge in [-0.2, -0.15) is 0 Å². The summed E-state index contributed by atoms with van der Waals surface area (Å²) in [4.78, 5) is 25.1. The fraction of sp³-hybridized carbons (Fsp3) is 0.200. The van der Waals surface area contributed by atoms with Crippen LogP contribution in [0.15, 0.2) is 64.4 Å². The second kappa shape index (κ2) is 7.31. The summed E-state index contributed by atoms with van der Waals surface area (Å²) >= 11 is 0. The molecule has 134 valence electrons. The van der Waals surface area contributed by atoms with Gasteiger partial charge in [0.15, 0.2) is 11.5 Å². The Kier molecular flexibility index (Phi) is 4.93. The maximum atomic E-state index is 12.6. The molecule has 1 heterocycles. The van der Waals surface area contributed by atoms with E-state index in [1.807, 2.05) is 31.2 Å². The van der Waals surface area contributed by atoms with Crippen LogP contribution in [0.25, 0.3) is 5.69 Å². The standard InChI is InChI=1S/C20H20N2O4/c1-14-6-4-5-7-15(14)13-21-10-11-22(20(24)19(21)23)16-8-9-17(25-2)18(12-16)26-3/h4-12H,13H2,1-3H3. The van der Waals surface area contributed by atoms with E-state index in [9.17, 15) is 9.59 Å². The molecule has 3 aromatic rings. The van der Waals surface area contributed by atoms with E-state index in [2.05, 4.69) is 0 Å². The molecule has 0 aliphatic heterocycles. The van der Waals surface area contributed by atoms with E-state index < -0.39 is 11.1 Å². The Morgan fingerprint density at radius 1 is 0.885 bits per heavy atom. The Morgan fingerprint density at radius 2 is 1.62 bits per heavy atom. The Bertz CT molecular complexity index is 1050. The van der Waals surface area contributed by atoms with Crippen LogP contribution in [0.1, 0.15) is 11.1 Å². The third-order valence-electron chi connectivity index (χ3n) is 4.31. The molecule has 0 N–H and O–H groups in total. The molecule has 0 spiro atoms. The van der Waals surface area contributed by atoms with Gasteiger partial charge in [-0.1, -0.05) is 24.3 Å². The van der Waals surface area contributed by atoms with Gasteiger partial charge in [-0.05, 0) is 30.2 Å². The van der Waals surface area contributed by atoms with Gasteiger partial charge in [0.05, 0.1) is 26.5 Å². The van der Waals surface area contributed by atoms with E-state index in [1.165, 1.54) is 23.4 Å². The third kappa shape index (κ3) is 3.26. The highest BCUT2D eigenvalue weighted by Gasteiger charge is 2.11. The zero-order chi connectivity index (χ0) is 18.7. The van der Waals surface area contributed by atoms with Gasteiger partial charge in [0.25, 0.3) is 0 Å². The first-order valence-corrected chi connectivity index (χ1v) is 8.14. The van der Waals surface area contributed by atoms with Gasteiger partial charge in [0.1, 0.15) is 0 Å². The normalized spacial score (nSPS) is 10.6. The van der Waals surface area contributed by atoms with Gasteiger partial charge in [0.2, 0.25) is 0 Å². The second-order valence-corrected chi connectivity index (χ2v) is 5.87. The van der Waals surface area contributed by atoms with Crippen molar-refractivity contribution in [3.8, 4) is 17.2 Å². The van der Waals surface area contributed by atoms with Gasteiger partial charge in [0, 0.05) is 18.5 Å². The number of methoxy groups -OCH3 is 2. The van der Waals surface area contributed by atoms with E-state index in [1.54, 1.807) is 30.6 Å². The van der Waals surface area contributed by atoms with Crippen molar-refractivity contribution in [3.05, 3.63) is 86.7 Å². The van der Waals surface area contributed by atoms with Gasteiger partial charge in [-0.15, -0.1) is 0 Å². The lowest BCUT2D eigenvalue weighted by Crippen LogP contribution is -2.40. The topological polar surface area (TPSA) is 62.5 Å². The van der Waals surface area contributed by atoms with Crippen molar-refractivity contribution >= 4 is 0 Å². The van der Waals surface area contributed by atoms with Gasteiger partial charge in [-0.25, -0.2) is 0 Å². The maximum absolute atomic E-state index is 12.6. The van der Waals surface area contributed by atoms with Crippen LogP contribution in [0, 0.1) is 6.92 Å². The number of aryl methyl sites for hydroxylation is 1. The molecule has 0 aliphatic rings. The van der Waals surface area contributed by atoms with Crippen LogP contribution < -0.4 is 20.6 Å². The van der Waals surface area contributed by atoms with E-state index in [4.69, 9.17) is 9.47 Å². The summed E-state index contributed by atoms with van der Waals surface area (Å²) in [6.45, 7) is 2.33. The molecular weight excluding hydrogens is 332 g/mol. The van der Waals surface area contributed by atoms with Crippen molar-refractivity contribution in [1.82, 2.24) is 9.13 Å². The van der Waals surface area contributed by atoms with Gasteiger partial charge in [-0.3, -0.25) is 14.2 Å². The lowest BCUT2D eigenvalue weighted by Gasteiger charge is -2.12. The zero-order valence-electron chi connectivity index (χ0n) is 14.9. The van der Waals surface area contributed by atoms with Crippen molar-refractivity contribution in [2.24, 2.45) is 0 Å². The van der Waals surface area contributed by atoms with Crippen LogP contribution >= 0.6 is 0 Å². The molecule has 26 heavy (non-hydrogen) atoms.